The number of guanidine groups is 1. The zero-order valence-corrected chi connectivity index (χ0v) is 13.5. The lowest BCUT2D eigenvalue weighted by Crippen LogP contribution is -2.27. The SMILES string of the molecule is NC(=NCC(O)COc1ccccc1Br)Nc1ccccc1. The second-order valence-electron chi connectivity index (χ2n) is 4.61. The summed E-state index contributed by atoms with van der Waals surface area (Å²) >= 11 is 3.38. The zero-order valence-electron chi connectivity index (χ0n) is 11.9. The Morgan fingerprint density at radius 1 is 1.18 bits per heavy atom. The maximum Gasteiger partial charge on any atom is 0.193 e. The molecule has 2 aromatic carbocycles. The monoisotopic (exact) mass is 363 g/mol. The minimum atomic E-state index is -0.733. The van der Waals surface area contributed by atoms with Crippen molar-refractivity contribution in [1.82, 2.24) is 0 Å². The van der Waals surface area contributed by atoms with Crippen LogP contribution >= 0.6 is 15.9 Å². The first-order valence-corrected chi connectivity index (χ1v) is 7.62. The largest absolute Gasteiger partial charge is 0.490 e. The summed E-state index contributed by atoms with van der Waals surface area (Å²) in [6, 6.07) is 16.9. The minimum Gasteiger partial charge on any atom is -0.490 e. The Kier molecular flexibility index (Phi) is 6.24. The second-order valence-corrected chi connectivity index (χ2v) is 5.47. The summed E-state index contributed by atoms with van der Waals surface area (Å²) in [5.74, 6) is 0.937. The van der Waals surface area contributed by atoms with Crippen LogP contribution in [0.2, 0.25) is 0 Å². The van der Waals surface area contributed by atoms with Gasteiger partial charge in [0.15, 0.2) is 5.96 Å². The lowest BCUT2D eigenvalue weighted by molar-refractivity contribution is 0.114. The number of aliphatic hydroxyl groups is 1. The van der Waals surface area contributed by atoms with Crippen LogP contribution in [-0.2, 0) is 0 Å². The van der Waals surface area contributed by atoms with Gasteiger partial charge in [-0.15, -0.1) is 0 Å². The third-order valence-corrected chi connectivity index (χ3v) is 3.44. The lowest BCUT2D eigenvalue weighted by Gasteiger charge is -2.12. The molecule has 0 amide bonds. The molecule has 4 N–H and O–H groups in total. The normalized spacial score (nSPS) is 12.7. The fourth-order valence-corrected chi connectivity index (χ4v) is 2.11. The van der Waals surface area contributed by atoms with Gasteiger partial charge in [-0.3, -0.25) is 4.99 Å². The standard InChI is InChI=1S/C16H18BrN3O2/c17-14-8-4-5-9-15(14)22-11-13(21)10-19-16(18)20-12-6-2-1-3-7-12/h1-9,13,21H,10-11H2,(H3,18,19,20). The second kappa shape index (κ2) is 8.41. The predicted octanol–water partition coefficient (Wildman–Crippen LogP) is 2.62. The Morgan fingerprint density at radius 2 is 1.86 bits per heavy atom. The highest BCUT2D eigenvalue weighted by Gasteiger charge is 2.06. The number of para-hydroxylation sites is 2. The van der Waals surface area contributed by atoms with E-state index in [1.165, 1.54) is 0 Å². The average Bonchev–Trinajstić information content (AvgIpc) is 2.53. The molecule has 0 saturated carbocycles. The van der Waals surface area contributed by atoms with Crippen molar-refractivity contribution < 1.29 is 9.84 Å². The Labute approximate surface area is 138 Å². The van der Waals surface area contributed by atoms with Crippen LogP contribution in [0.15, 0.2) is 64.1 Å². The van der Waals surface area contributed by atoms with E-state index in [1.807, 2.05) is 54.6 Å². The summed E-state index contributed by atoms with van der Waals surface area (Å²) in [6.45, 7) is 0.306. The first-order chi connectivity index (χ1) is 10.6. The van der Waals surface area contributed by atoms with Gasteiger partial charge in [0.1, 0.15) is 18.5 Å². The Hall–Kier alpha value is -2.05. The van der Waals surface area contributed by atoms with Gasteiger partial charge in [0, 0.05) is 5.69 Å². The van der Waals surface area contributed by atoms with Gasteiger partial charge in [-0.25, -0.2) is 0 Å². The van der Waals surface area contributed by atoms with Crippen molar-refractivity contribution in [1.29, 1.82) is 0 Å². The maximum atomic E-state index is 9.89. The number of hydrogen-bond donors (Lipinski definition) is 3. The van der Waals surface area contributed by atoms with Crippen LogP contribution in [0.25, 0.3) is 0 Å². The van der Waals surface area contributed by atoms with Gasteiger partial charge >= 0.3 is 0 Å². The molecule has 22 heavy (non-hydrogen) atoms. The summed E-state index contributed by atoms with van der Waals surface area (Å²) in [5, 5.41) is 12.8. The van der Waals surface area contributed by atoms with E-state index in [4.69, 9.17) is 10.5 Å². The topological polar surface area (TPSA) is 79.9 Å². The summed E-state index contributed by atoms with van der Waals surface area (Å²) < 4.78 is 6.37. The molecule has 2 rings (SSSR count). The summed E-state index contributed by atoms with van der Waals surface area (Å²) in [5.41, 5.74) is 6.61. The van der Waals surface area contributed by atoms with Crippen molar-refractivity contribution in [2.24, 2.45) is 10.7 Å². The quantitative estimate of drug-likeness (QED) is 0.544. The van der Waals surface area contributed by atoms with Gasteiger partial charge in [0.25, 0.3) is 0 Å². The molecule has 0 radical (unpaired) electrons. The first-order valence-electron chi connectivity index (χ1n) is 6.82. The molecule has 0 aliphatic rings. The van der Waals surface area contributed by atoms with Crippen LogP contribution in [0.1, 0.15) is 0 Å². The van der Waals surface area contributed by atoms with E-state index in [-0.39, 0.29) is 19.1 Å². The van der Waals surface area contributed by atoms with E-state index in [0.29, 0.717) is 5.75 Å². The molecule has 116 valence electrons. The minimum absolute atomic E-state index is 0.144. The van der Waals surface area contributed by atoms with Crippen molar-refractivity contribution in [2.75, 3.05) is 18.5 Å². The Balaban J connectivity index is 1.78. The van der Waals surface area contributed by atoms with Crippen LogP contribution in [0.5, 0.6) is 5.75 Å². The number of halogens is 1. The number of benzene rings is 2. The van der Waals surface area contributed by atoms with Crippen LogP contribution in [-0.4, -0.2) is 30.3 Å². The van der Waals surface area contributed by atoms with Gasteiger partial charge < -0.3 is 20.9 Å². The van der Waals surface area contributed by atoms with Crippen LogP contribution in [0.4, 0.5) is 5.69 Å². The van der Waals surface area contributed by atoms with Gasteiger partial charge in [0.2, 0.25) is 0 Å². The number of anilines is 1. The van der Waals surface area contributed by atoms with E-state index in [0.717, 1.165) is 10.2 Å². The fraction of sp³-hybridized carbons (Fsp3) is 0.188. The van der Waals surface area contributed by atoms with Gasteiger partial charge in [-0.2, -0.15) is 0 Å². The zero-order chi connectivity index (χ0) is 15.8. The van der Waals surface area contributed by atoms with Crippen molar-refractivity contribution in [3.63, 3.8) is 0 Å². The molecular weight excluding hydrogens is 346 g/mol. The average molecular weight is 364 g/mol. The van der Waals surface area contributed by atoms with E-state index in [2.05, 4.69) is 26.2 Å². The molecule has 0 bridgehead atoms. The van der Waals surface area contributed by atoms with E-state index in [9.17, 15) is 5.11 Å². The van der Waals surface area contributed by atoms with Gasteiger partial charge in [-0.05, 0) is 40.2 Å². The van der Waals surface area contributed by atoms with Crippen molar-refractivity contribution in [3.05, 3.63) is 59.1 Å². The van der Waals surface area contributed by atoms with Gasteiger partial charge in [0.05, 0.1) is 11.0 Å². The summed E-state index contributed by atoms with van der Waals surface area (Å²) in [6.07, 6.45) is -0.733. The Morgan fingerprint density at radius 3 is 2.59 bits per heavy atom. The van der Waals surface area contributed by atoms with Crippen LogP contribution in [0, 0.1) is 0 Å². The number of ether oxygens (including phenoxy) is 1. The highest BCUT2D eigenvalue weighted by atomic mass is 79.9. The molecule has 0 aromatic heterocycles. The van der Waals surface area contributed by atoms with E-state index < -0.39 is 6.10 Å². The predicted molar refractivity (Wildman–Crippen MR) is 92.2 cm³/mol. The molecule has 0 spiro atoms. The van der Waals surface area contributed by atoms with Crippen molar-refractivity contribution >= 4 is 27.6 Å². The number of hydrogen-bond acceptors (Lipinski definition) is 3. The molecule has 1 atom stereocenters. The number of nitrogens with zero attached hydrogens (tertiary/aromatic N) is 1. The lowest BCUT2D eigenvalue weighted by atomic mass is 10.3. The molecule has 0 aliphatic heterocycles. The molecule has 0 aliphatic carbocycles. The number of rotatable bonds is 6. The molecule has 2 aromatic rings. The number of nitrogens with one attached hydrogen (secondary N) is 1. The van der Waals surface area contributed by atoms with Crippen LogP contribution in [0.3, 0.4) is 0 Å². The van der Waals surface area contributed by atoms with E-state index >= 15 is 0 Å². The number of nitrogens with two attached hydrogens (primary N) is 1. The third-order valence-electron chi connectivity index (χ3n) is 2.79. The number of aliphatic imine (C=N–C) groups is 1. The smallest absolute Gasteiger partial charge is 0.193 e. The summed E-state index contributed by atoms with van der Waals surface area (Å²) in [4.78, 5) is 4.10. The third kappa shape index (κ3) is 5.38. The highest BCUT2D eigenvalue weighted by molar-refractivity contribution is 9.10. The molecular formula is C16H18BrN3O2. The first kappa shape index (κ1) is 16.3. The van der Waals surface area contributed by atoms with Crippen molar-refractivity contribution in [3.8, 4) is 5.75 Å². The van der Waals surface area contributed by atoms with E-state index in [1.54, 1.807) is 0 Å². The van der Waals surface area contributed by atoms with Gasteiger partial charge in [-0.1, -0.05) is 30.3 Å². The molecule has 5 nitrogen and oxygen atoms in total. The fourth-order valence-electron chi connectivity index (χ4n) is 1.71. The molecule has 1 unspecified atom stereocenters. The Bertz CT molecular complexity index is 620. The van der Waals surface area contributed by atoms with Crippen molar-refractivity contribution in [2.45, 2.75) is 6.10 Å². The summed E-state index contributed by atoms with van der Waals surface area (Å²) in [7, 11) is 0. The van der Waals surface area contributed by atoms with Crippen LogP contribution < -0.4 is 15.8 Å². The molecule has 0 saturated heterocycles. The number of aliphatic hydroxyl groups excluding tert-OH is 1. The molecule has 0 fully saturated rings. The molecule has 0 heterocycles. The molecule has 6 heteroatoms. The highest BCUT2D eigenvalue weighted by Crippen LogP contribution is 2.23. The maximum absolute atomic E-state index is 9.89.